The SMILES string of the molecule is CC(=O)OC(c1ccccc1Cl)C(C)O. The van der Waals surface area contributed by atoms with E-state index < -0.39 is 18.2 Å². The third-order valence-electron chi connectivity index (χ3n) is 1.94. The summed E-state index contributed by atoms with van der Waals surface area (Å²) >= 11 is 5.94. The topological polar surface area (TPSA) is 46.5 Å². The highest BCUT2D eigenvalue weighted by molar-refractivity contribution is 6.31. The van der Waals surface area contributed by atoms with Crippen LogP contribution in [0, 0.1) is 0 Å². The van der Waals surface area contributed by atoms with Gasteiger partial charge in [0.1, 0.15) is 0 Å². The van der Waals surface area contributed by atoms with E-state index in [4.69, 9.17) is 16.3 Å². The molecule has 4 heteroatoms. The molecule has 0 fully saturated rings. The monoisotopic (exact) mass is 228 g/mol. The zero-order valence-corrected chi connectivity index (χ0v) is 9.36. The highest BCUT2D eigenvalue weighted by Gasteiger charge is 2.22. The minimum atomic E-state index is -0.797. The first-order valence-corrected chi connectivity index (χ1v) is 5.00. The van der Waals surface area contributed by atoms with Crippen LogP contribution in [0.1, 0.15) is 25.5 Å². The summed E-state index contributed by atoms with van der Waals surface area (Å²) in [5.74, 6) is -0.444. The Bertz CT molecular complexity index is 349. The van der Waals surface area contributed by atoms with Crippen LogP contribution in [-0.4, -0.2) is 17.2 Å². The van der Waals surface area contributed by atoms with Crippen LogP contribution in [0.5, 0.6) is 0 Å². The van der Waals surface area contributed by atoms with Crippen LogP contribution in [0.25, 0.3) is 0 Å². The van der Waals surface area contributed by atoms with Crippen LogP contribution in [0.2, 0.25) is 5.02 Å². The molecule has 0 aliphatic heterocycles. The molecule has 3 nitrogen and oxygen atoms in total. The van der Waals surface area contributed by atoms with E-state index in [2.05, 4.69) is 0 Å². The smallest absolute Gasteiger partial charge is 0.303 e. The fourth-order valence-electron chi connectivity index (χ4n) is 1.31. The summed E-state index contributed by atoms with van der Waals surface area (Å²) in [6.45, 7) is 2.85. The van der Waals surface area contributed by atoms with E-state index in [1.165, 1.54) is 6.92 Å². The average Bonchev–Trinajstić information content (AvgIpc) is 2.15. The second kappa shape index (κ2) is 5.14. The van der Waals surface area contributed by atoms with Crippen molar-refractivity contribution in [3.63, 3.8) is 0 Å². The number of carbonyl (C=O) groups is 1. The molecule has 0 aromatic heterocycles. The summed E-state index contributed by atoms with van der Waals surface area (Å²) in [6.07, 6.45) is -1.51. The van der Waals surface area contributed by atoms with E-state index in [0.29, 0.717) is 10.6 Å². The van der Waals surface area contributed by atoms with E-state index in [0.717, 1.165) is 0 Å². The minimum Gasteiger partial charge on any atom is -0.455 e. The molecule has 82 valence electrons. The Labute approximate surface area is 93.6 Å². The zero-order chi connectivity index (χ0) is 11.4. The number of aliphatic hydroxyl groups is 1. The number of ether oxygens (including phenoxy) is 1. The minimum absolute atomic E-state index is 0.444. The molecule has 2 atom stereocenters. The summed E-state index contributed by atoms with van der Waals surface area (Å²) < 4.78 is 5.01. The fourth-order valence-corrected chi connectivity index (χ4v) is 1.55. The lowest BCUT2D eigenvalue weighted by Crippen LogP contribution is -2.20. The number of halogens is 1. The fraction of sp³-hybridized carbons (Fsp3) is 0.364. The molecule has 0 aliphatic carbocycles. The van der Waals surface area contributed by atoms with E-state index in [1.807, 2.05) is 0 Å². The largest absolute Gasteiger partial charge is 0.455 e. The third kappa shape index (κ3) is 3.22. The van der Waals surface area contributed by atoms with E-state index in [-0.39, 0.29) is 0 Å². The molecule has 0 saturated carbocycles. The van der Waals surface area contributed by atoms with Crippen LogP contribution in [0.15, 0.2) is 24.3 Å². The average molecular weight is 229 g/mol. The maximum Gasteiger partial charge on any atom is 0.303 e. The summed E-state index contributed by atoms with van der Waals surface area (Å²) in [5.41, 5.74) is 0.615. The molecule has 0 aliphatic rings. The molecule has 0 saturated heterocycles. The van der Waals surface area contributed by atoms with Crippen molar-refractivity contribution in [3.05, 3.63) is 34.9 Å². The highest BCUT2D eigenvalue weighted by atomic mass is 35.5. The Kier molecular flexibility index (Phi) is 4.12. The maximum absolute atomic E-state index is 10.9. The lowest BCUT2D eigenvalue weighted by molar-refractivity contribution is -0.152. The number of carbonyl (C=O) groups excluding carboxylic acids is 1. The van der Waals surface area contributed by atoms with Gasteiger partial charge in [-0.15, -0.1) is 0 Å². The van der Waals surface area contributed by atoms with Gasteiger partial charge in [0.25, 0.3) is 0 Å². The van der Waals surface area contributed by atoms with Gasteiger partial charge in [-0.05, 0) is 13.0 Å². The molecule has 1 aromatic carbocycles. The van der Waals surface area contributed by atoms with Crippen LogP contribution in [-0.2, 0) is 9.53 Å². The molecule has 0 radical (unpaired) electrons. The lowest BCUT2D eigenvalue weighted by atomic mass is 10.1. The number of esters is 1. The van der Waals surface area contributed by atoms with Crippen LogP contribution in [0.4, 0.5) is 0 Å². The Morgan fingerprint density at radius 1 is 1.47 bits per heavy atom. The first kappa shape index (κ1) is 12.0. The van der Waals surface area contributed by atoms with Gasteiger partial charge in [-0.3, -0.25) is 4.79 Å². The number of hydrogen-bond donors (Lipinski definition) is 1. The normalized spacial score (nSPS) is 14.4. The van der Waals surface area contributed by atoms with E-state index in [9.17, 15) is 9.90 Å². The maximum atomic E-state index is 10.9. The van der Waals surface area contributed by atoms with Gasteiger partial charge < -0.3 is 9.84 Å². The van der Waals surface area contributed by atoms with Gasteiger partial charge >= 0.3 is 5.97 Å². The summed E-state index contributed by atoms with van der Waals surface area (Å²) in [7, 11) is 0. The molecule has 0 amide bonds. The number of benzene rings is 1. The predicted octanol–water partition coefficient (Wildman–Crippen LogP) is 2.33. The van der Waals surface area contributed by atoms with E-state index >= 15 is 0 Å². The second-order valence-corrected chi connectivity index (χ2v) is 3.70. The van der Waals surface area contributed by atoms with Crippen molar-refractivity contribution in [2.75, 3.05) is 0 Å². The zero-order valence-electron chi connectivity index (χ0n) is 8.61. The molecular formula is C11H13ClO3. The van der Waals surface area contributed by atoms with Crippen molar-refractivity contribution in [2.45, 2.75) is 26.1 Å². The van der Waals surface area contributed by atoms with Gasteiger partial charge in [-0.2, -0.15) is 0 Å². The third-order valence-corrected chi connectivity index (χ3v) is 2.29. The first-order valence-electron chi connectivity index (χ1n) is 4.62. The predicted molar refractivity (Wildman–Crippen MR) is 57.6 cm³/mol. The first-order chi connectivity index (χ1) is 7.02. The molecule has 15 heavy (non-hydrogen) atoms. The number of rotatable bonds is 3. The Morgan fingerprint density at radius 2 is 2.07 bits per heavy atom. The van der Waals surface area contributed by atoms with Crippen LogP contribution < -0.4 is 0 Å². The molecule has 1 N–H and O–H groups in total. The highest BCUT2D eigenvalue weighted by Crippen LogP contribution is 2.28. The van der Waals surface area contributed by atoms with E-state index in [1.54, 1.807) is 31.2 Å². The molecule has 0 bridgehead atoms. The van der Waals surface area contributed by atoms with Crippen molar-refractivity contribution < 1.29 is 14.6 Å². The molecule has 2 unspecified atom stereocenters. The Morgan fingerprint density at radius 3 is 2.53 bits per heavy atom. The standard InChI is InChI=1S/C11H13ClO3/c1-7(13)11(15-8(2)14)9-5-3-4-6-10(9)12/h3-7,11,13H,1-2H3. The van der Waals surface area contributed by atoms with Crippen LogP contribution in [0.3, 0.4) is 0 Å². The van der Waals surface area contributed by atoms with Gasteiger partial charge in [-0.1, -0.05) is 29.8 Å². The van der Waals surface area contributed by atoms with Crippen LogP contribution >= 0.6 is 11.6 Å². The molecule has 1 aromatic rings. The lowest BCUT2D eigenvalue weighted by Gasteiger charge is -2.20. The Balaban J connectivity index is 2.99. The Hall–Kier alpha value is -1.06. The number of hydrogen-bond acceptors (Lipinski definition) is 3. The van der Waals surface area contributed by atoms with Crippen molar-refractivity contribution in [1.82, 2.24) is 0 Å². The van der Waals surface area contributed by atoms with Crippen molar-refractivity contribution in [2.24, 2.45) is 0 Å². The van der Waals surface area contributed by atoms with Crippen molar-refractivity contribution in [3.8, 4) is 0 Å². The number of aliphatic hydroxyl groups excluding tert-OH is 1. The summed E-state index contributed by atoms with van der Waals surface area (Å²) in [6, 6.07) is 6.97. The second-order valence-electron chi connectivity index (χ2n) is 3.29. The molecule has 0 heterocycles. The van der Waals surface area contributed by atoms with Gasteiger partial charge in [0.2, 0.25) is 0 Å². The molecule has 0 spiro atoms. The van der Waals surface area contributed by atoms with Gasteiger partial charge in [0.15, 0.2) is 6.10 Å². The summed E-state index contributed by atoms with van der Waals surface area (Å²) in [5, 5.41) is 9.98. The van der Waals surface area contributed by atoms with Crippen molar-refractivity contribution >= 4 is 17.6 Å². The molecular weight excluding hydrogens is 216 g/mol. The van der Waals surface area contributed by atoms with Gasteiger partial charge in [-0.25, -0.2) is 0 Å². The van der Waals surface area contributed by atoms with Gasteiger partial charge in [0, 0.05) is 17.5 Å². The van der Waals surface area contributed by atoms with Crippen molar-refractivity contribution in [1.29, 1.82) is 0 Å². The summed E-state index contributed by atoms with van der Waals surface area (Å²) in [4.78, 5) is 10.9. The quantitative estimate of drug-likeness (QED) is 0.808. The molecule has 1 rings (SSSR count). The van der Waals surface area contributed by atoms with Gasteiger partial charge in [0.05, 0.1) is 6.10 Å².